The van der Waals surface area contributed by atoms with Gasteiger partial charge in [-0.15, -0.1) is 0 Å². The van der Waals surface area contributed by atoms with Gasteiger partial charge in [0.2, 0.25) is 0 Å². The van der Waals surface area contributed by atoms with E-state index in [-0.39, 0.29) is 18.4 Å². The second-order valence-electron chi connectivity index (χ2n) is 4.22. The molecule has 2 bridgehead atoms. The third kappa shape index (κ3) is 2.10. The smallest absolute Gasteiger partial charge is 0.263 e. The van der Waals surface area contributed by atoms with Gasteiger partial charge >= 0.3 is 15.6 Å². The van der Waals surface area contributed by atoms with Crippen LogP contribution in [0.5, 0.6) is 0 Å². The Balaban J connectivity index is 1.92. The Hall–Kier alpha value is -0.560. The lowest BCUT2D eigenvalue weighted by molar-refractivity contribution is -0.0552. The fraction of sp³-hybridized carbons (Fsp3) is 0.778. The number of alkyl halides is 3. The summed E-state index contributed by atoms with van der Waals surface area (Å²) in [6.45, 7) is -0.368. The molecule has 92 valence electrons. The molecule has 0 aromatic heterocycles. The molecule has 2 aliphatic carbocycles. The van der Waals surface area contributed by atoms with Crippen LogP contribution in [0.25, 0.3) is 0 Å². The van der Waals surface area contributed by atoms with Crippen LogP contribution < -0.4 is 0 Å². The quantitative estimate of drug-likeness (QED) is 0.441. The van der Waals surface area contributed by atoms with Gasteiger partial charge in [0.05, 0.1) is 6.61 Å². The summed E-state index contributed by atoms with van der Waals surface area (Å²) in [5, 5.41) is 0. The van der Waals surface area contributed by atoms with Gasteiger partial charge in [0.25, 0.3) is 0 Å². The first-order valence-corrected chi connectivity index (χ1v) is 6.34. The molecule has 0 spiro atoms. The second-order valence-corrected chi connectivity index (χ2v) is 5.83. The van der Waals surface area contributed by atoms with Crippen molar-refractivity contribution in [1.29, 1.82) is 0 Å². The highest BCUT2D eigenvalue weighted by atomic mass is 32.2. The molecule has 0 aliphatic heterocycles. The predicted molar refractivity (Wildman–Crippen MR) is 49.8 cm³/mol. The van der Waals surface area contributed by atoms with E-state index < -0.39 is 15.6 Å². The van der Waals surface area contributed by atoms with Gasteiger partial charge in [-0.1, -0.05) is 12.2 Å². The molecule has 3 unspecified atom stereocenters. The van der Waals surface area contributed by atoms with Crippen LogP contribution in [0.2, 0.25) is 0 Å². The van der Waals surface area contributed by atoms with Gasteiger partial charge in [0.1, 0.15) is 0 Å². The third-order valence-electron chi connectivity index (χ3n) is 3.14. The maximum atomic E-state index is 12.0. The van der Waals surface area contributed by atoms with Crippen molar-refractivity contribution in [3.05, 3.63) is 12.2 Å². The first-order valence-electron chi connectivity index (χ1n) is 4.93. The van der Waals surface area contributed by atoms with Crippen LogP contribution in [0.1, 0.15) is 12.8 Å². The number of rotatable bonds is 3. The van der Waals surface area contributed by atoms with Crippen molar-refractivity contribution in [2.75, 3.05) is 6.61 Å². The van der Waals surface area contributed by atoms with Crippen molar-refractivity contribution in [1.82, 2.24) is 0 Å². The van der Waals surface area contributed by atoms with Crippen molar-refractivity contribution in [2.45, 2.75) is 18.3 Å². The van der Waals surface area contributed by atoms with E-state index in [2.05, 4.69) is 4.18 Å². The van der Waals surface area contributed by atoms with E-state index in [4.69, 9.17) is 0 Å². The summed E-state index contributed by atoms with van der Waals surface area (Å²) in [6, 6.07) is 0. The van der Waals surface area contributed by atoms with Crippen LogP contribution in [0.4, 0.5) is 13.2 Å². The second kappa shape index (κ2) is 3.73. The summed E-state index contributed by atoms with van der Waals surface area (Å²) in [5.74, 6) is 0.452. The lowest BCUT2D eigenvalue weighted by Crippen LogP contribution is -2.28. The summed E-state index contributed by atoms with van der Waals surface area (Å²) in [7, 11) is -5.43. The molecule has 3 atom stereocenters. The Bertz CT molecular complexity index is 399. The van der Waals surface area contributed by atoms with Gasteiger partial charge in [-0.3, -0.25) is 4.18 Å². The Morgan fingerprint density at radius 2 is 1.94 bits per heavy atom. The molecule has 16 heavy (non-hydrogen) atoms. The minimum absolute atomic E-state index is 0.105. The molecule has 1 fully saturated rings. The maximum absolute atomic E-state index is 12.0. The van der Waals surface area contributed by atoms with Crippen molar-refractivity contribution in [3.63, 3.8) is 0 Å². The third-order valence-corrected chi connectivity index (χ3v) is 4.15. The van der Waals surface area contributed by atoms with Crippen LogP contribution in [-0.2, 0) is 14.3 Å². The van der Waals surface area contributed by atoms with Gasteiger partial charge in [-0.2, -0.15) is 21.6 Å². The van der Waals surface area contributed by atoms with Gasteiger partial charge in [0.15, 0.2) is 0 Å². The Kier molecular flexibility index (Phi) is 2.78. The average Bonchev–Trinajstić information content (AvgIpc) is 2.73. The van der Waals surface area contributed by atoms with E-state index >= 15 is 0 Å². The van der Waals surface area contributed by atoms with E-state index in [9.17, 15) is 21.6 Å². The molecule has 0 saturated heterocycles. The van der Waals surface area contributed by atoms with E-state index in [0.717, 1.165) is 6.42 Å². The molecule has 0 N–H and O–H groups in total. The molecule has 1 saturated carbocycles. The van der Waals surface area contributed by atoms with Crippen molar-refractivity contribution in [3.8, 4) is 0 Å². The average molecular weight is 256 g/mol. The zero-order chi connectivity index (χ0) is 12.0. The number of fused-ring (bicyclic) bond motifs is 2. The summed E-state index contributed by atoms with van der Waals surface area (Å²) in [4.78, 5) is 0. The molecule has 0 radical (unpaired) electrons. The van der Waals surface area contributed by atoms with E-state index in [0.29, 0.717) is 12.3 Å². The highest BCUT2D eigenvalue weighted by Crippen LogP contribution is 2.43. The molecule has 0 aromatic rings. The topological polar surface area (TPSA) is 43.4 Å². The molecule has 7 heteroatoms. The van der Waals surface area contributed by atoms with Gasteiger partial charge in [-0.05, 0) is 30.6 Å². The number of allylic oxidation sites excluding steroid dienone is 2. The standard InChI is InChI=1S/C9H11F3O3S/c10-9(11,12)16(13,14)15-5-8-4-6-1-2-7(8)3-6/h1-2,6-8H,3-5H2. The number of halogens is 3. The summed E-state index contributed by atoms with van der Waals surface area (Å²) in [6.07, 6.45) is 5.58. The SMILES string of the molecule is O=S(=O)(OCC1CC2C=CC1C2)C(F)(F)F. The molecule has 2 rings (SSSR count). The molecule has 0 heterocycles. The lowest BCUT2D eigenvalue weighted by Gasteiger charge is -2.18. The van der Waals surface area contributed by atoms with Crippen molar-refractivity contribution in [2.24, 2.45) is 17.8 Å². The van der Waals surface area contributed by atoms with Crippen LogP contribution in [0.3, 0.4) is 0 Å². The van der Waals surface area contributed by atoms with Crippen LogP contribution in [0.15, 0.2) is 12.2 Å². The molecule has 0 aromatic carbocycles. The lowest BCUT2D eigenvalue weighted by atomic mass is 9.95. The zero-order valence-corrected chi connectivity index (χ0v) is 9.09. The largest absolute Gasteiger partial charge is 0.523 e. The van der Waals surface area contributed by atoms with Gasteiger partial charge < -0.3 is 0 Å². The summed E-state index contributed by atoms with van der Waals surface area (Å²) >= 11 is 0. The molecular weight excluding hydrogens is 245 g/mol. The molecular formula is C9H11F3O3S. The normalized spacial score (nSPS) is 33.6. The van der Waals surface area contributed by atoms with Crippen molar-refractivity contribution < 1.29 is 25.8 Å². The first kappa shape index (κ1) is 11.9. The fourth-order valence-electron chi connectivity index (χ4n) is 2.33. The Labute approximate surface area is 91.4 Å². The monoisotopic (exact) mass is 256 g/mol. The van der Waals surface area contributed by atoms with Crippen LogP contribution in [-0.4, -0.2) is 20.5 Å². The van der Waals surface area contributed by atoms with Gasteiger partial charge in [-0.25, -0.2) is 0 Å². The molecule has 3 nitrogen and oxygen atoms in total. The number of hydrogen-bond donors (Lipinski definition) is 0. The Morgan fingerprint density at radius 1 is 1.25 bits per heavy atom. The maximum Gasteiger partial charge on any atom is 0.523 e. The highest BCUT2D eigenvalue weighted by Gasteiger charge is 2.48. The van der Waals surface area contributed by atoms with E-state index in [1.165, 1.54) is 0 Å². The van der Waals surface area contributed by atoms with Gasteiger partial charge in [0, 0.05) is 0 Å². The first-order chi connectivity index (χ1) is 7.29. The van der Waals surface area contributed by atoms with Crippen LogP contribution in [0, 0.1) is 17.8 Å². The predicted octanol–water partition coefficient (Wildman–Crippen LogP) is 2.06. The highest BCUT2D eigenvalue weighted by molar-refractivity contribution is 7.87. The number of hydrogen-bond acceptors (Lipinski definition) is 3. The van der Waals surface area contributed by atoms with E-state index in [1.807, 2.05) is 12.2 Å². The zero-order valence-electron chi connectivity index (χ0n) is 8.27. The summed E-state index contributed by atoms with van der Waals surface area (Å²) < 4.78 is 61.2. The Morgan fingerprint density at radius 3 is 2.38 bits per heavy atom. The minimum Gasteiger partial charge on any atom is -0.263 e. The summed E-state index contributed by atoms with van der Waals surface area (Å²) in [5.41, 5.74) is -5.32. The van der Waals surface area contributed by atoms with Crippen molar-refractivity contribution >= 4 is 10.1 Å². The minimum atomic E-state index is -5.43. The molecule has 0 amide bonds. The molecule has 2 aliphatic rings. The van der Waals surface area contributed by atoms with Crippen LogP contribution >= 0.6 is 0 Å². The van der Waals surface area contributed by atoms with E-state index in [1.54, 1.807) is 0 Å². The fourth-order valence-corrected chi connectivity index (χ4v) is 2.82.